The molecule has 5 heteroatoms. The van der Waals surface area contributed by atoms with Crippen molar-refractivity contribution in [3.05, 3.63) is 34.9 Å². The lowest BCUT2D eigenvalue weighted by Gasteiger charge is -2.28. The van der Waals surface area contributed by atoms with Gasteiger partial charge in [-0.2, -0.15) is 0 Å². The molecule has 114 valence electrons. The number of carboxylic acid groups (broad SMARTS) is 1. The van der Waals surface area contributed by atoms with Crippen molar-refractivity contribution in [1.29, 1.82) is 0 Å². The van der Waals surface area contributed by atoms with Gasteiger partial charge in [0.25, 0.3) is 5.91 Å². The average molecular weight is 290 g/mol. The zero-order valence-electron chi connectivity index (χ0n) is 12.7. The molecule has 1 aromatic carbocycles. The van der Waals surface area contributed by atoms with Crippen LogP contribution in [0.4, 0.5) is 0 Å². The molecule has 0 spiro atoms. The number of amides is 1. The SMILES string of the molecule is CC(C)(C)[C@H](NC(=O)c1cccc2c1CCNC2)C(=O)O. The van der Waals surface area contributed by atoms with Gasteiger partial charge in [0.15, 0.2) is 0 Å². The number of benzene rings is 1. The van der Waals surface area contributed by atoms with E-state index in [0.717, 1.165) is 30.6 Å². The van der Waals surface area contributed by atoms with Crippen LogP contribution in [0.25, 0.3) is 0 Å². The molecule has 0 fully saturated rings. The van der Waals surface area contributed by atoms with Gasteiger partial charge in [0.2, 0.25) is 0 Å². The van der Waals surface area contributed by atoms with Crippen molar-refractivity contribution >= 4 is 11.9 Å². The van der Waals surface area contributed by atoms with Crippen molar-refractivity contribution < 1.29 is 14.7 Å². The first-order valence-corrected chi connectivity index (χ1v) is 7.16. The minimum Gasteiger partial charge on any atom is -0.480 e. The van der Waals surface area contributed by atoms with Crippen LogP contribution in [-0.2, 0) is 17.8 Å². The second kappa shape index (κ2) is 5.85. The summed E-state index contributed by atoms with van der Waals surface area (Å²) in [6, 6.07) is 4.69. The lowest BCUT2D eigenvalue weighted by molar-refractivity contribution is -0.142. The molecular weight excluding hydrogens is 268 g/mol. The highest BCUT2D eigenvalue weighted by molar-refractivity contribution is 5.98. The Morgan fingerprint density at radius 2 is 2.05 bits per heavy atom. The maximum absolute atomic E-state index is 12.5. The molecule has 0 aliphatic carbocycles. The van der Waals surface area contributed by atoms with Gasteiger partial charge in [-0.1, -0.05) is 32.9 Å². The van der Waals surface area contributed by atoms with Crippen LogP contribution in [0, 0.1) is 5.41 Å². The van der Waals surface area contributed by atoms with Crippen LogP contribution in [0.1, 0.15) is 42.3 Å². The molecule has 1 aromatic rings. The number of carbonyl (C=O) groups is 2. The predicted molar refractivity (Wildman–Crippen MR) is 80.2 cm³/mol. The fourth-order valence-electron chi connectivity index (χ4n) is 2.60. The minimum absolute atomic E-state index is 0.309. The van der Waals surface area contributed by atoms with Crippen molar-refractivity contribution in [3.8, 4) is 0 Å². The van der Waals surface area contributed by atoms with Crippen LogP contribution >= 0.6 is 0 Å². The van der Waals surface area contributed by atoms with Crippen molar-refractivity contribution in [3.63, 3.8) is 0 Å². The zero-order valence-corrected chi connectivity index (χ0v) is 12.7. The number of fused-ring (bicyclic) bond motifs is 1. The second-order valence-corrected chi connectivity index (χ2v) is 6.48. The van der Waals surface area contributed by atoms with E-state index in [-0.39, 0.29) is 5.91 Å². The van der Waals surface area contributed by atoms with E-state index in [1.54, 1.807) is 26.8 Å². The Morgan fingerprint density at radius 1 is 1.33 bits per heavy atom. The number of carbonyl (C=O) groups excluding carboxylic acids is 1. The summed E-state index contributed by atoms with van der Waals surface area (Å²) in [6.45, 7) is 6.99. The maximum Gasteiger partial charge on any atom is 0.326 e. The minimum atomic E-state index is -1.01. The molecule has 21 heavy (non-hydrogen) atoms. The molecular formula is C16H22N2O3. The molecule has 1 atom stereocenters. The molecule has 1 aliphatic heterocycles. The van der Waals surface area contributed by atoms with Gasteiger partial charge in [0.1, 0.15) is 6.04 Å². The number of nitrogens with one attached hydrogen (secondary N) is 2. The first-order chi connectivity index (χ1) is 9.80. The average Bonchev–Trinajstić information content (AvgIpc) is 2.42. The fraction of sp³-hybridized carbons (Fsp3) is 0.500. The largest absolute Gasteiger partial charge is 0.480 e. The molecule has 0 radical (unpaired) electrons. The van der Waals surface area contributed by atoms with Crippen LogP contribution in [-0.4, -0.2) is 29.6 Å². The highest BCUT2D eigenvalue weighted by Gasteiger charge is 2.33. The van der Waals surface area contributed by atoms with Crippen LogP contribution in [0.5, 0.6) is 0 Å². The summed E-state index contributed by atoms with van der Waals surface area (Å²) in [7, 11) is 0. The Bertz CT molecular complexity index is 561. The number of rotatable bonds is 3. The third kappa shape index (κ3) is 3.42. The van der Waals surface area contributed by atoms with Crippen LogP contribution in [0.15, 0.2) is 18.2 Å². The van der Waals surface area contributed by atoms with Gasteiger partial charge >= 0.3 is 5.97 Å². The zero-order chi connectivity index (χ0) is 15.6. The van der Waals surface area contributed by atoms with Gasteiger partial charge in [-0.05, 0) is 35.6 Å². The topological polar surface area (TPSA) is 78.4 Å². The molecule has 2 rings (SSSR count). The summed E-state index contributed by atoms with van der Waals surface area (Å²) in [5, 5.41) is 15.2. The number of carboxylic acids is 1. The molecule has 5 nitrogen and oxygen atoms in total. The quantitative estimate of drug-likeness (QED) is 0.789. The maximum atomic E-state index is 12.5. The van der Waals surface area contributed by atoms with Gasteiger partial charge in [0.05, 0.1) is 0 Å². The number of hydrogen-bond donors (Lipinski definition) is 3. The van der Waals surface area contributed by atoms with Crippen LogP contribution in [0.2, 0.25) is 0 Å². The first-order valence-electron chi connectivity index (χ1n) is 7.16. The van der Waals surface area contributed by atoms with Crippen molar-refractivity contribution in [1.82, 2.24) is 10.6 Å². The second-order valence-electron chi connectivity index (χ2n) is 6.48. The van der Waals surface area contributed by atoms with Gasteiger partial charge in [-0.25, -0.2) is 4.79 Å². The molecule has 0 saturated heterocycles. The lowest BCUT2D eigenvalue weighted by atomic mass is 9.86. The van der Waals surface area contributed by atoms with E-state index in [4.69, 9.17) is 0 Å². The van der Waals surface area contributed by atoms with Crippen LogP contribution in [0.3, 0.4) is 0 Å². The Hall–Kier alpha value is -1.88. The van der Waals surface area contributed by atoms with E-state index >= 15 is 0 Å². The Kier molecular flexibility index (Phi) is 4.32. The first kappa shape index (κ1) is 15.5. The highest BCUT2D eigenvalue weighted by atomic mass is 16.4. The van der Waals surface area contributed by atoms with Gasteiger partial charge in [-0.3, -0.25) is 4.79 Å². The van der Waals surface area contributed by atoms with Gasteiger partial charge in [0, 0.05) is 12.1 Å². The summed E-state index contributed by atoms with van der Waals surface area (Å²) >= 11 is 0. The van der Waals surface area contributed by atoms with Crippen molar-refractivity contribution in [2.45, 2.75) is 39.8 Å². The Morgan fingerprint density at radius 3 is 2.67 bits per heavy atom. The van der Waals surface area contributed by atoms with Gasteiger partial charge < -0.3 is 15.7 Å². The summed E-state index contributed by atoms with van der Waals surface area (Å²) in [5.74, 6) is -1.32. The monoisotopic (exact) mass is 290 g/mol. The lowest BCUT2D eigenvalue weighted by Crippen LogP contribution is -2.49. The number of aliphatic carboxylic acids is 1. The molecule has 0 aromatic heterocycles. The summed E-state index contributed by atoms with van der Waals surface area (Å²) in [6.07, 6.45) is 0.784. The molecule has 0 saturated carbocycles. The normalized spacial score (nSPS) is 16.0. The van der Waals surface area contributed by atoms with E-state index in [1.165, 1.54) is 0 Å². The van der Waals surface area contributed by atoms with E-state index in [0.29, 0.717) is 5.56 Å². The highest BCUT2D eigenvalue weighted by Crippen LogP contribution is 2.22. The van der Waals surface area contributed by atoms with E-state index < -0.39 is 17.4 Å². The van der Waals surface area contributed by atoms with Crippen molar-refractivity contribution in [2.24, 2.45) is 5.41 Å². The Balaban J connectivity index is 2.26. The molecule has 3 N–H and O–H groups in total. The predicted octanol–water partition coefficient (Wildman–Crippen LogP) is 1.56. The fourth-order valence-corrected chi connectivity index (χ4v) is 2.60. The molecule has 0 unspecified atom stereocenters. The Labute approximate surface area is 124 Å². The molecule has 1 amide bonds. The third-order valence-electron chi connectivity index (χ3n) is 3.77. The van der Waals surface area contributed by atoms with Crippen molar-refractivity contribution in [2.75, 3.05) is 6.54 Å². The van der Waals surface area contributed by atoms with E-state index in [9.17, 15) is 14.7 Å². The molecule has 0 bridgehead atoms. The molecule has 1 aliphatic rings. The summed E-state index contributed by atoms with van der Waals surface area (Å²) in [4.78, 5) is 23.9. The molecule has 1 heterocycles. The number of hydrogen-bond acceptors (Lipinski definition) is 3. The third-order valence-corrected chi connectivity index (χ3v) is 3.77. The summed E-state index contributed by atoms with van der Waals surface area (Å²) < 4.78 is 0. The van der Waals surface area contributed by atoms with Crippen LogP contribution < -0.4 is 10.6 Å². The summed E-state index contributed by atoms with van der Waals surface area (Å²) in [5.41, 5.74) is 2.17. The van der Waals surface area contributed by atoms with E-state index in [2.05, 4.69) is 10.6 Å². The van der Waals surface area contributed by atoms with Gasteiger partial charge in [-0.15, -0.1) is 0 Å². The van der Waals surface area contributed by atoms with E-state index in [1.807, 2.05) is 12.1 Å². The standard InChI is InChI=1S/C16H22N2O3/c1-16(2,3)13(15(20)21)18-14(19)12-6-4-5-10-9-17-8-7-11(10)12/h4-6,13,17H,7-9H2,1-3H3,(H,18,19)(H,20,21)/t13-/m1/s1. The smallest absolute Gasteiger partial charge is 0.326 e.